The lowest BCUT2D eigenvalue weighted by molar-refractivity contribution is 0.584. The maximum absolute atomic E-state index is 6.32. The van der Waals surface area contributed by atoms with E-state index in [9.17, 15) is 0 Å². The topological polar surface area (TPSA) is 94.6 Å². The molecule has 1 aliphatic heterocycles. The van der Waals surface area contributed by atoms with E-state index in [1.54, 1.807) is 0 Å². The number of halogens is 1. The zero-order valence-corrected chi connectivity index (χ0v) is 20.7. The van der Waals surface area contributed by atoms with Crippen molar-refractivity contribution in [3.8, 4) is 11.4 Å². The smallest absolute Gasteiger partial charge is 0.192 e. The molecule has 2 aromatic heterocycles. The minimum Gasteiger partial charge on any atom is -0.361 e. The summed E-state index contributed by atoms with van der Waals surface area (Å²) in [7, 11) is 0. The highest BCUT2D eigenvalue weighted by atomic mass is 35.5. The molecule has 1 fully saturated rings. The van der Waals surface area contributed by atoms with Crippen LogP contribution in [0, 0.1) is 6.92 Å². The average molecular weight is 479 g/mol. The summed E-state index contributed by atoms with van der Waals surface area (Å²) >= 11 is 6.32. The van der Waals surface area contributed by atoms with Crippen molar-refractivity contribution in [1.82, 2.24) is 30.7 Å². The lowest BCUT2D eigenvalue weighted by Gasteiger charge is -2.29. The monoisotopic (exact) mass is 478 g/mol. The van der Waals surface area contributed by atoms with Crippen molar-refractivity contribution in [2.24, 2.45) is 0 Å². The molecule has 3 heterocycles. The molecule has 5 rings (SSSR count). The van der Waals surface area contributed by atoms with E-state index >= 15 is 0 Å². The van der Waals surface area contributed by atoms with Crippen molar-refractivity contribution >= 4 is 34.1 Å². The highest BCUT2D eigenvalue weighted by Gasteiger charge is 2.19. The quantitative estimate of drug-likeness (QED) is 0.378. The second kappa shape index (κ2) is 11.3. The summed E-state index contributed by atoms with van der Waals surface area (Å²) in [6, 6.07) is 13.8. The van der Waals surface area contributed by atoms with Crippen molar-refractivity contribution in [1.29, 1.82) is 0 Å². The number of hydrogen-bond donors (Lipinski definition) is 3. The van der Waals surface area contributed by atoms with Crippen LogP contribution in [0.25, 0.3) is 22.3 Å². The van der Waals surface area contributed by atoms with Gasteiger partial charge in [0, 0.05) is 54.4 Å². The number of aromatic amines is 1. The van der Waals surface area contributed by atoms with Gasteiger partial charge in [-0.2, -0.15) is 5.10 Å². The number of aryl methyl sites for hydroxylation is 1. The van der Waals surface area contributed by atoms with Gasteiger partial charge in [-0.15, -0.1) is 10.2 Å². The predicted octanol–water partition coefficient (Wildman–Crippen LogP) is 4.81. The molecular formula is C25H31ClN8. The van der Waals surface area contributed by atoms with Crippen LogP contribution in [-0.4, -0.2) is 51.6 Å². The minimum absolute atomic E-state index is 0.550. The summed E-state index contributed by atoms with van der Waals surface area (Å²) in [5.41, 5.74) is 3.86. The first-order chi connectivity index (χ1) is 16.6. The number of H-pyrrole nitrogens is 1. The number of anilines is 2. The molecule has 178 valence electrons. The minimum atomic E-state index is 0.550. The summed E-state index contributed by atoms with van der Waals surface area (Å²) in [4.78, 5) is 7.16. The fourth-order valence-corrected chi connectivity index (χ4v) is 3.95. The van der Waals surface area contributed by atoms with Crippen molar-refractivity contribution in [2.45, 2.75) is 33.7 Å². The Labute approximate surface area is 205 Å². The van der Waals surface area contributed by atoms with Crippen LogP contribution in [0.2, 0.25) is 5.02 Å². The van der Waals surface area contributed by atoms with Gasteiger partial charge in [0.15, 0.2) is 17.5 Å². The Morgan fingerprint density at radius 1 is 1.06 bits per heavy atom. The molecule has 2 aromatic carbocycles. The van der Waals surface area contributed by atoms with Crippen LogP contribution < -0.4 is 15.5 Å². The number of benzene rings is 2. The van der Waals surface area contributed by atoms with Crippen LogP contribution >= 0.6 is 11.6 Å². The van der Waals surface area contributed by atoms with Gasteiger partial charge in [0.25, 0.3) is 0 Å². The largest absolute Gasteiger partial charge is 0.361 e. The maximum atomic E-state index is 6.32. The van der Waals surface area contributed by atoms with Gasteiger partial charge in [-0.1, -0.05) is 50.1 Å². The van der Waals surface area contributed by atoms with Gasteiger partial charge in [-0.05, 0) is 36.8 Å². The van der Waals surface area contributed by atoms with Crippen LogP contribution in [0.5, 0.6) is 0 Å². The van der Waals surface area contributed by atoms with Gasteiger partial charge in [-0.25, -0.2) is 4.98 Å². The Kier molecular flexibility index (Phi) is 7.92. The molecule has 0 aliphatic carbocycles. The third-order valence-corrected chi connectivity index (χ3v) is 5.86. The molecule has 0 radical (unpaired) electrons. The highest BCUT2D eigenvalue weighted by molar-refractivity contribution is 6.31. The van der Waals surface area contributed by atoms with Crippen molar-refractivity contribution in [3.05, 3.63) is 58.7 Å². The van der Waals surface area contributed by atoms with E-state index in [-0.39, 0.29) is 0 Å². The van der Waals surface area contributed by atoms with E-state index in [1.165, 1.54) is 6.42 Å². The molecule has 0 amide bonds. The normalized spacial score (nSPS) is 13.5. The zero-order chi connectivity index (χ0) is 23.9. The first-order valence-corrected chi connectivity index (χ1v) is 12.1. The highest BCUT2D eigenvalue weighted by Crippen LogP contribution is 2.28. The number of piperazine rings is 1. The number of nitrogens with one attached hydrogen (secondary N) is 3. The van der Waals surface area contributed by atoms with Gasteiger partial charge in [-0.3, -0.25) is 5.10 Å². The Morgan fingerprint density at radius 3 is 2.59 bits per heavy atom. The van der Waals surface area contributed by atoms with E-state index in [2.05, 4.69) is 55.8 Å². The molecule has 1 saturated heterocycles. The summed E-state index contributed by atoms with van der Waals surface area (Å²) in [5.74, 6) is 2.06. The zero-order valence-electron chi connectivity index (χ0n) is 19.9. The van der Waals surface area contributed by atoms with Crippen molar-refractivity contribution in [3.63, 3.8) is 0 Å². The Bertz CT molecular complexity index is 1230. The van der Waals surface area contributed by atoms with E-state index in [0.717, 1.165) is 64.7 Å². The molecule has 0 bridgehead atoms. The number of hydrogen-bond acceptors (Lipinski definition) is 7. The van der Waals surface area contributed by atoms with E-state index < -0.39 is 0 Å². The number of aromatic nitrogens is 5. The predicted molar refractivity (Wildman–Crippen MR) is 139 cm³/mol. The van der Waals surface area contributed by atoms with Gasteiger partial charge < -0.3 is 15.5 Å². The Morgan fingerprint density at radius 2 is 1.82 bits per heavy atom. The number of fused-ring (bicyclic) bond motifs is 1. The second-order valence-corrected chi connectivity index (χ2v) is 8.68. The van der Waals surface area contributed by atoms with Gasteiger partial charge in [0.1, 0.15) is 0 Å². The van der Waals surface area contributed by atoms with Crippen LogP contribution in [0.3, 0.4) is 0 Å². The first-order valence-electron chi connectivity index (χ1n) is 11.7. The van der Waals surface area contributed by atoms with E-state index in [1.807, 2.05) is 43.3 Å². The third-order valence-electron chi connectivity index (χ3n) is 5.49. The summed E-state index contributed by atoms with van der Waals surface area (Å²) in [5, 5.41) is 24.8. The average Bonchev–Trinajstić information content (AvgIpc) is 3.24. The fraction of sp³-hybridized carbons (Fsp3) is 0.360. The SMILES string of the molecule is CCC.Cc1[nH]nc2ccc(-c3nnc(NCc4ccccc4Cl)c(N4CCNCC4)n3)cc12. The molecule has 34 heavy (non-hydrogen) atoms. The number of nitrogens with zero attached hydrogens (tertiary/aromatic N) is 5. The molecule has 4 aromatic rings. The molecule has 3 N–H and O–H groups in total. The molecule has 0 unspecified atom stereocenters. The molecular weight excluding hydrogens is 448 g/mol. The summed E-state index contributed by atoms with van der Waals surface area (Å²) < 4.78 is 0. The second-order valence-electron chi connectivity index (χ2n) is 8.28. The summed E-state index contributed by atoms with van der Waals surface area (Å²) in [6.45, 7) is 10.3. The van der Waals surface area contributed by atoms with Crippen LogP contribution in [0.4, 0.5) is 11.6 Å². The van der Waals surface area contributed by atoms with Crippen molar-refractivity contribution < 1.29 is 0 Å². The van der Waals surface area contributed by atoms with Crippen LogP contribution in [0.15, 0.2) is 42.5 Å². The van der Waals surface area contributed by atoms with Crippen LogP contribution in [0.1, 0.15) is 31.5 Å². The lowest BCUT2D eigenvalue weighted by Crippen LogP contribution is -2.44. The van der Waals surface area contributed by atoms with Crippen LogP contribution in [-0.2, 0) is 6.54 Å². The molecule has 0 saturated carbocycles. The first kappa shape index (κ1) is 23.9. The van der Waals surface area contributed by atoms with Crippen molar-refractivity contribution in [2.75, 3.05) is 36.4 Å². The summed E-state index contributed by atoms with van der Waals surface area (Å²) in [6.07, 6.45) is 1.25. The lowest BCUT2D eigenvalue weighted by atomic mass is 10.1. The fourth-order valence-electron chi connectivity index (χ4n) is 3.75. The van der Waals surface area contributed by atoms with Gasteiger partial charge in [0.2, 0.25) is 0 Å². The molecule has 1 aliphatic rings. The molecule has 8 nitrogen and oxygen atoms in total. The van der Waals surface area contributed by atoms with E-state index in [0.29, 0.717) is 18.2 Å². The third kappa shape index (κ3) is 5.46. The van der Waals surface area contributed by atoms with Gasteiger partial charge >= 0.3 is 0 Å². The molecule has 0 atom stereocenters. The maximum Gasteiger partial charge on any atom is 0.192 e. The Balaban J connectivity index is 0.000000868. The molecule has 9 heteroatoms. The standard InChI is InChI=1S/C22H23ClN8.C3H8/c1-14-17-12-15(6-7-19(17)28-27-14)20-26-22(31-10-8-24-9-11-31)21(30-29-20)25-13-16-4-2-3-5-18(16)23;1-3-2/h2-7,12,24H,8-11,13H2,1H3,(H,25,30)(H,27,28);3H2,1-2H3. The van der Waals surface area contributed by atoms with Gasteiger partial charge in [0.05, 0.1) is 5.52 Å². The molecule has 0 spiro atoms. The number of rotatable bonds is 5. The Hall–Kier alpha value is -3.23. The van der Waals surface area contributed by atoms with E-state index in [4.69, 9.17) is 16.6 Å².